The van der Waals surface area contributed by atoms with Crippen LogP contribution in [0.15, 0.2) is 87.1 Å². The Kier molecular flexibility index (Phi) is 6.44. The lowest BCUT2D eigenvalue weighted by Gasteiger charge is -2.43. The summed E-state index contributed by atoms with van der Waals surface area (Å²) in [6, 6.07) is 23.0. The van der Waals surface area contributed by atoms with E-state index >= 15 is 0 Å². The van der Waals surface area contributed by atoms with Gasteiger partial charge in [-0.05, 0) is 72.2 Å². The first-order valence-corrected chi connectivity index (χ1v) is 16.7. The summed E-state index contributed by atoms with van der Waals surface area (Å²) in [6.45, 7) is 0.381. The van der Waals surface area contributed by atoms with Gasteiger partial charge in [-0.25, -0.2) is 0 Å². The van der Waals surface area contributed by atoms with Crippen LogP contribution in [0, 0.1) is 29.6 Å². The van der Waals surface area contributed by atoms with E-state index < -0.39 is 0 Å². The molecule has 5 unspecified atom stereocenters. The molecule has 0 radical (unpaired) electrons. The number of imide groups is 1. The first kappa shape index (κ1) is 26.8. The van der Waals surface area contributed by atoms with Crippen LogP contribution in [-0.2, 0) is 16.2 Å². The zero-order chi connectivity index (χ0) is 28.7. The molecule has 7 atom stereocenters. The highest BCUT2D eigenvalue weighted by molar-refractivity contribution is 9.10. The molecular formula is C32H24BrClN2O4S2. The lowest BCUT2D eigenvalue weighted by molar-refractivity contribution is -0.123. The van der Waals surface area contributed by atoms with Crippen LogP contribution in [0.3, 0.4) is 0 Å². The number of ether oxygens (including phenoxy) is 1. The average Bonchev–Trinajstić information content (AvgIpc) is 3.72. The zero-order valence-electron chi connectivity index (χ0n) is 22.0. The number of aromatic nitrogens is 1. The second-order valence-corrected chi connectivity index (χ2v) is 15.0. The highest BCUT2D eigenvalue weighted by Gasteiger charge is 2.69. The van der Waals surface area contributed by atoms with Gasteiger partial charge in [0.1, 0.15) is 12.4 Å². The van der Waals surface area contributed by atoms with Crippen LogP contribution in [-0.4, -0.2) is 22.0 Å². The molecule has 2 amide bonds. The summed E-state index contributed by atoms with van der Waals surface area (Å²) in [4.78, 5) is 45.9. The van der Waals surface area contributed by atoms with Crippen LogP contribution in [0.1, 0.15) is 28.3 Å². The zero-order valence-corrected chi connectivity index (χ0v) is 26.0. The van der Waals surface area contributed by atoms with Crippen LogP contribution in [0.2, 0.25) is 5.02 Å². The molecule has 8 rings (SSSR count). The maximum Gasteiger partial charge on any atom is 0.305 e. The predicted octanol–water partition coefficient (Wildman–Crippen LogP) is 7.11. The standard InChI is InChI=1S/C32H24BrClN2O4S2/c33-16-7-11-18(12-8-16)36-30(37)25-20-13-21(26(25)31(36)38)27-24(20)23(28-29(41-27)35-32(39)42-28)19-3-1-2-4-22(19)40-14-15-5-9-17(34)10-6-15/h1-12,20-21,23-27H,13-14H2,(H,35,39)/t20-,21-,23?,24?,25?,26?,27?/m1/s1. The molecule has 0 spiro atoms. The predicted molar refractivity (Wildman–Crippen MR) is 167 cm³/mol. The van der Waals surface area contributed by atoms with Gasteiger partial charge in [-0.3, -0.25) is 19.3 Å². The minimum atomic E-state index is -0.352. The van der Waals surface area contributed by atoms with E-state index in [0.717, 1.165) is 37.7 Å². The number of para-hydroxylation sites is 1. The number of nitrogens with zero attached hydrogens (tertiary/aromatic N) is 1. The lowest BCUT2D eigenvalue weighted by atomic mass is 9.68. The third-order valence-electron chi connectivity index (χ3n) is 9.37. The van der Waals surface area contributed by atoms with Gasteiger partial charge in [-0.15, -0.1) is 11.8 Å². The van der Waals surface area contributed by atoms with E-state index in [1.807, 2.05) is 66.7 Å². The largest absolute Gasteiger partial charge is 0.489 e. The monoisotopic (exact) mass is 678 g/mol. The lowest BCUT2D eigenvalue weighted by Crippen LogP contribution is -2.42. The Hall–Kier alpha value is -2.85. The fourth-order valence-corrected chi connectivity index (χ4v) is 11.1. The summed E-state index contributed by atoms with van der Waals surface area (Å²) >= 11 is 12.5. The Balaban J connectivity index is 1.18. The van der Waals surface area contributed by atoms with E-state index in [-0.39, 0.29) is 57.4 Å². The van der Waals surface area contributed by atoms with Crippen LogP contribution in [0.5, 0.6) is 5.75 Å². The SMILES string of the molecule is O=C1C2C(C(=O)N1c1ccc(Br)cc1)[C@@H]1C[C@H]2C2Sc3[nH]c(=O)sc3C(c3ccccc3OCc3ccc(Cl)cc3)C21. The van der Waals surface area contributed by atoms with Gasteiger partial charge in [0.05, 0.1) is 22.5 Å². The fraction of sp³-hybridized carbons (Fsp3) is 0.281. The number of hydrogen-bond acceptors (Lipinski definition) is 6. The molecule has 42 heavy (non-hydrogen) atoms. The van der Waals surface area contributed by atoms with Crippen molar-refractivity contribution in [2.45, 2.75) is 29.2 Å². The number of thioether (sulfide) groups is 1. The third-order valence-corrected chi connectivity index (χ3v) is 12.7. The van der Waals surface area contributed by atoms with Gasteiger partial charge < -0.3 is 9.72 Å². The molecule has 3 fully saturated rings. The second kappa shape index (κ2) is 10.1. The number of anilines is 1. The Labute approximate surface area is 263 Å². The number of carbonyl (C=O) groups excluding carboxylic acids is 2. The van der Waals surface area contributed by atoms with Crippen molar-refractivity contribution in [1.29, 1.82) is 0 Å². The molecule has 3 heterocycles. The van der Waals surface area contributed by atoms with Crippen molar-refractivity contribution >= 4 is 68.1 Å². The van der Waals surface area contributed by atoms with Gasteiger partial charge in [-0.1, -0.05) is 69.2 Å². The summed E-state index contributed by atoms with van der Waals surface area (Å²) < 4.78 is 7.31. The number of hydrogen-bond donors (Lipinski definition) is 1. The number of aromatic amines is 1. The van der Waals surface area contributed by atoms with Gasteiger partial charge in [0, 0.05) is 31.1 Å². The van der Waals surface area contributed by atoms with E-state index in [2.05, 4.69) is 27.0 Å². The van der Waals surface area contributed by atoms with Gasteiger partial charge in [-0.2, -0.15) is 0 Å². The van der Waals surface area contributed by atoms with Crippen molar-refractivity contribution in [1.82, 2.24) is 4.98 Å². The number of thiazole rings is 1. The molecular weight excluding hydrogens is 656 g/mol. The first-order valence-electron chi connectivity index (χ1n) is 13.9. The number of benzene rings is 3. The van der Waals surface area contributed by atoms with Crippen molar-refractivity contribution in [3.8, 4) is 5.75 Å². The number of halogens is 2. The molecule has 10 heteroatoms. The maximum absolute atomic E-state index is 14.0. The molecule has 2 aliphatic heterocycles. The summed E-state index contributed by atoms with van der Waals surface area (Å²) in [5.41, 5.74) is 2.64. The highest BCUT2D eigenvalue weighted by Crippen LogP contribution is 2.69. The molecule has 4 aromatic rings. The summed E-state index contributed by atoms with van der Waals surface area (Å²) in [5, 5.41) is 1.67. The number of fused-ring (bicyclic) bond motifs is 9. The molecule has 2 aliphatic carbocycles. The van der Waals surface area contributed by atoms with E-state index in [1.165, 1.54) is 16.2 Å². The van der Waals surface area contributed by atoms with Gasteiger partial charge in [0.25, 0.3) is 0 Å². The Morgan fingerprint density at radius 3 is 2.40 bits per heavy atom. The molecule has 1 N–H and O–H groups in total. The van der Waals surface area contributed by atoms with Gasteiger partial charge in [0.15, 0.2) is 0 Å². The van der Waals surface area contributed by atoms with Gasteiger partial charge in [0.2, 0.25) is 11.8 Å². The summed E-state index contributed by atoms with van der Waals surface area (Å²) in [6.07, 6.45) is 0.840. The summed E-state index contributed by atoms with van der Waals surface area (Å²) in [7, 11) is 0. The van der Waals surface area contributed by atoms with Crippen LogP contribution < -0.4 is 14.5 Å². The van der Waals surface area contributed by atoms with Crippen molar-refractivity contribution in [2.75, 3.05) is 4.90 Å². The third kappa shape index (κ3) is 4.08. The molecule has 2 bridgehead atoms. The Bertz CT molecular complexity index is 1790. The normalized spacial score (nSPS) is 29.0. The molecule has 6 nitrogen and oxygen atoms in total. The van der Waals surface area contributed by atoms with E-state index in [9.17, 15) is 14.4 Å². The molecule has 212 valence electrons. The van der Waals surface area contributed by atoms with Crippen molar-refractivity contribution in [3.63, 3.8) is 0 Å². The molecule has 1 aromatic heterocycles. The maximum atomic E-state index is 14.0. The van der Waals surface area contributed by atoms with Crippen LogP contribution in [0.25, 0.3) is 0 Å². The molecule has 2 saturated carbocycles. The number of nitrogens with one attached hydrogen (secondary N) is 1. The smallest absolute Gasteiger partial charge is 0.305 e. The quantitative estimate of drug-likeness (QED) is 0.228. The summed E-state index contributed by atoms with van der Waals surface area (Å²) in [5.74, 6) is -0.0196. The van der Waals surface area contributed by atoms with E-state index in [4.69, 9.17) is 16.3 Å². The van der Waals surface area contributed by atoms with Gasteiger partial charge >= 0.3 is 4.87 Å². The highest BCUT2D eigenvalue weighted by atomic mass is 79.9. The Morgan fingerprint density at radius 2 is 1.64 bits per heavy atom. The number of H-pyrrole nitrogens is 1. The Morgan fingerprint density at radius 1 is 0.929 bits per heavy atom. The minimum absolute atomic E-state index is 0.0362. The van der Waals surface area contributed by atoms with Crippen LogP contribution >= 0.6 is 50.6 Å². The minimum Gasteiger partial charge on any atom is -0.489 e. The number of rotatable bonds is 5. The van der Waals surface area contributed by atoms with Crippen molar-refractivity contribution in [2.24, 2.45) is 29.6 Å². The number of carbonyl (C=O) groups is 2. The van der Waals surface area contributed by atoms with E-state index in [0.29, 0.717) is 17.3 Å². The molecule has 3 aromatic carbocycles. The first-order chi connectivity index (χ1) is 20.4. The second-order valence-electron chi connectivity index (χ2n) is 11.4. The number of amides is 2. The fourth-order valence-electron chi connectivity index (χ4n) is 7.82. The topological polar surface area (TPSA) is 79.5 Å². The molecule has 1 saturated heterocycles. The van der Waals surface area contributed by atoms with Crippen LogP contribution in [0.4, 0.5) is 5.69 Å². The van der Waals surface area contributed by atoms with Crippen molar-refractivity contribution in [3.05, 3.63) is 108 Å². The molecule has 4 aliphatic rings. The average molecular weight is 680 g/mol. The van der Waals surface area contributed by atoms with Crippen molar-refractivity contribution < 1.29 is 14.3 Å². The van der Waals surface area contributed by atoms with E-state index in [1.54, 1.807) is 11.8 Å².